The number of fused-ring (bicyclic) bond motifs is 1. The number of nitrogens with two attached hydrogens (primary N) is 1. The van der Waals surface area contributed by atoms with E-state index in [4.69, 9.17) is 5.73 Å². The van der Waals surface area contributed by atoms with Crippen molar-refractivity contribution in [3.63, 3.8) is 0 Å². The molecule has 2 aromatic heterocycles. The minimum atomic E-state index is 0.0421. The Balaban J connectivity index is 1.73. The molecule has 0 aliphatic heterocycles. The number of pyridine rings is 2. The van der Waals surface area contributed by atoms with Crippen LogP contribution in [0.4, 0.5) is 11.6 Å². The van der Waals surface area contributed by atoms with Gasteiger partial charge in [-0.15, -0.1) is 0 Å². The molecule has 0 radical (unpaired) electrons. The van der Waals surface area contributed by atoms with Crippen LogP contribution in [0.25, 0.3) is 22.0 Å². The van der Waals surface area contributed by atoms with Crippen molar-refractivity contribution >= 4 is 28.3 Å². The summed E-state index contributed by atoms with van der Waals surface area (Å²) >= 11 is 0. The molecule has 5 heteroatoms. The Hall–Kier alpha value is -2.95. The number of hydrogen-bond donors (Lipinski definition) is 2. The lowest BCUT2D eigenvalue weighted by Gasteiger charge is -2.10. The van der Waals surface area contributed by atoms with Crippen molar-refractivity contribution in [2.24, 2.45) is 11.8 Å². The average molecular weight is 332 g/mol. The Bertz CT molecular complexity index is 983. The normalized spacial score (nSPS) is 19.0. The summed E-state index contributed by atoms with van der Waals surface area (Å²) < 4.78 is 0. The van der Waals surface area contributed by atoms with Crippen LogP contribution in [0.2, 0.25) is 0 Å². The van der Waals surface area contributed by atoms with Crippen LogP contribution < -0.4 is 11.1 Å². The number of nitrogens with one attached hydrogen (secondary N) is 1. The number of nitrogens with zero attached hydrogens (tertiary/aromatic N) is 2. The standard InChI is InChI=1S/C20H20N4O/c1-11-5-3-4-6-14(11)17-8-13-9-18(22-10-16(13)19(21)23-17)24-20(25)15-7-12(15)2/h3-6,8-10,12,15H,7H2,1-2H3,(H2,21,23)(H,22,24,25)/t12-,15-/m1/s1. The first-order valence-corrected chi connectivity index (χ1v) is 8.46. The van der Waals surface area contributed by atoms with Crippen molar-refractivity contribution in [3.05, 3.63) is 48.2 Å². The van der Waals surface area contributed by atoms with Gasteiger partial charge in [0.1, 0.15) is 11.6 Å². The number of carbonyl (C=O) groups excluding carboxylic acids is 1. The summed E-state index contributed by atoms with van der Waals surface area (Å²) in [7, 11) is 0. The molecule has 4 rings (SSSR count). The van der Waals surface area contributed by atoms with Crippen LogP contribution >= 0.6 is 0 Å². The Labute approximate surface area is 146 Å². The van der Waals surface area contributed by atoms with E-state index in [0.717, 1.165) is 34.0 Å². The van der Waals surface area contributed by atoms with Gasteiger partial charge in [-0.05, 0) is 42.3 Å². The largest absolute Gasteiger partial charge is 0.383 e. The maximum absolute atomic E-state index is 12.1. The van der Waals surface area contributed by atoms with E-state index in [1.54, 1.807) is 6.20 Å². The maximum atomic E-state index is 12.1. The molecule has 1 saturated carbocycles. The summed E-state index contributed by atoms with van der Waals surface area (Å²) in [6.45, 7) is 4.13. The molecule has 0 unspecified atom stereocenters. The molecular formula is C20H20N4O. The van der Waals surface area contributed by atoms with E-state index in [1.165, 1.54) is 0 Å². The molecule has 1 amide bonds. The number of nitrogen functional groups attached to an aromatic ring is 1. The Morgan fingerprint density at radius 3 is 2.76 bits per heavy atom. The first kappa shape index (κ1) is 15.6. The van der Waals surface area contributed by atoms with Crippen LogP contribution in [0.1, 0.15) is 18.9 Å². The van der Waals surface area contributed by atoms with Crippen molar-refractivity contribution in [2.45, 2.75) is 20.3 Å². The van der Waals surface area contributed by atoms with Crippen molar-refractivity contribution in [2.75, 3.05) is 11.1 Å². The molecule has 25 heavy (non-hydrogen) atoms. The molecule has 1 aliphatic rings. The zero-order valence-corrected chi connectivity index (χ0v) is 14.3. The quantitative estimate of drug-likeness (QED) is 0.765. The second kappa shape index (κ2) is 5.84. The fourth-order valence-electron chi connectivity index (χ4n) is 3.15. The van der Waals surface area contributed by atoms with Gasteiger partial charge in [-0.3, -0.25) is 4.79 Å². The minimum absolute atomic E-state index is 0.0421. The minimum Gasteiger partial charge on any atom is -0.383 e. The van der Waals surface area contributed by atoms with E-state index in [2.05, 4.69) is 22.2 Å². The van der Waals surface area contributed by atoms with Gasteiger partial charge in [-0.25, -0.2) is 9.97 Å². The smallest absolute Gasteiger partial charge is 0.228 e. The summed E-state index contributed by atoms with van der Waals surface area (Å²) in [4.78, 5) is 21.0. The number of carbonyl (C=O) groups is 1. The van der Waals surface area contributed by atoms with Gasteiger partial charge in [-0.1, -0.05) is 31.2 Å². The second-order valence-corrected chi connectivity index (χ2v) is 6.81. The van der Waals surface area contributed by atoms with Gasteiger partial charge in [0.05, 0.1) is 5.69 Å². The van der Waals surface area contributed by atoms with Crippen LogP contribution in [0.3, 0.4) is 0 Å². The van der Waals surface area contributed by atoms with Crippen molar-refractivity contribution in [3.8, 4) is 11.3 Å². The van der Waals surface area contributed by atoms with E-state index >= 15 is 0 Å². The zero-order chi connectivity index (χ0) is 17.6. The molecule has 2 heterocycles. The molecule has 0 spiro atoms. The molecular weight excluding hydrogens is 312 g/mol. The molecule has 0 bridgehead atoms. The highest BCUT2D eigenvalue weighted by Gasteiger charge is 2.39. The summed E-state index contributed by atoms with van der Waals surface area (Å²) in [5, 5.41) is 4.61. The summed E-state index contributed by atoms with van der Waals surface area (Å²) in [5.41, 5.74) is 9.14. The summed E-state index contributed by atoms with van der Waals surface area (Å²) in [6.07, 6.45) is 2.62. The first-order chi connectivity index (χ1) is 12.0. The van der Waals surface area contributed by atoms with Crippen molar-refractivity contribution in [1.82, 2.24) is 9.97 Å². The molecule has 3 aromatic rings. The van der Waals surface area contributed by atoms with Crippen LogP contribution in [0, 0.1) is 18.8 Å². The van der Waals surface area contributed by atoms with Gasteiger partial charge in [0.15, 0.2) is 0 Å². The van der Waals surface area contributed by atoms with Gasteiger partial charge < -0.3 is 11.1 Å². The van der Waals surface area contributed by atoms with Gasteiger partial charge >= 0.3 is 0 Å². The van der Waals surface area contributed by atoms with Crippen LogP contribution in [-0.2, 0) is 4.79 Å². The summed E-state index contributed by atoms with van der Waals surface area (Å²) in [5.74, 6) is 1.62. The maximum Gasteiger partial charge on any atom is 0.228 e. The second-order valence-electron chi connectivity index (χ2n) is 6.81. The average Bonchev–Trinajstić information content (AvgIpc) is 3.32. The van der Waals surface area contributed by atoms with E-state index in [9.17, 15) is 4.79 Å². The fourth-order valence-corrected chi connectivity index (χ4v) is 3.15. The molecule has 3 N–H and O–H groups in total. The lowest BCUT2D eigenvalue weighted by molar-refractivity contribution is -0.117. The highest BCUT2D eigenvalue weighted by atomic mass is 16.2. The van der Waals surface area contributed by atoms with Crippen molar-refractivity contribution in [1.29, 1.82) is 0 Å². The van der Waals surface area contributed by atoms with Crippen molar-refractivity contribution < 1.29 is 4.79 Å². The molecule has 126 valence electrons. The Kier molecular flexibility index (Phi) is 3.64. The number of hydrogen-bond acceptors (Lipinski definition) is 4. The molecule has 1 fully saturated rings. The third-order valence-corrected chi connectivity index (χ3v) is 4.86. The van der Waals surface area contributed by atoms with Gasteiger partial charge in [0.2, 0.25) is 5.91 Å². The van der Waals surface area contributed by atoms with Gasteiger partial charge in [-0.2, -0.15) is 0 Å². The third kappa shape index (κ3) is 2.93. The number of aromatic nitrogens is 2. The molecule has 5 nitrogen and oxygen atoms in total. The number of rotatable bonds is 3. The Morgan fingerprint density at radius 1 is 1.28 bits per heavy atom. The van der Waals surface area contributed by atoms with E-state index < -0.39 is 0 Å². The monoisotopic (exact) mass is 332 g/mol. The lowest BCUT2D eigenvalue weighted by Crippen LogP contribution is -2.15. The van der Waals surface area contributed by atoms with E-state index in [-0.39, 0.29) is 11.8 Å². The third-order valence-electron chi connectivity index (χ3n) is 4.86. The molecule has 2 atom stereocenters. The van der Waals surface area contributed by atoms with Crippen LogP contribution in [-0.4, -0.2) is 15.9 Å². The zero-order valence-electron chi connectivity index (χ0n) is 14.3. The van der Waals surface area contributed by atoms with E-state index in [0.29, 0.717) is 17.6 Å². The number of anilines is 2. The van der Waals surface area contributed by atoms with Gasteiger partial charge in [0.25, 0.3) is 0 Å². The van der Waals surface area contributed by atoms with Crippen LogP contribution in [0.5, 0.6) is 0 Å². The highest BCUT2D eigenvalue weighted by Crippen LogP contribution is 2.38. The summed E-state index contributed by atoms with van der Waals surface area (Å²) in [6, 6.07) is 11.9. The number of amides is 1. The fraction of sp³-hybridized carbons (Fsp3) is 0.250. The topological polar surface area (TPSA) is 80.9 Å². The van der Waals surface area contributed by atoms with Gasteiger partial charge in [0, 0.05) is 23.1 Å². The predicted molar refractivity (Wildman–Crippen MR) is 100 cm³/mol. The highest BCUT2D eigenvalue weighted by molar-refractivity contribution is 5.98. The molecule has 0 saturated heterocycles. The molecule has 1 aliphatic carbocycles. The number of aryl methyl sites for hydroxylation is 1. The number of benzene rings is 1. The Morgan fingerprint density at radius 2 is 2.04 bits per heavy atom. The van der Waals surface area contributed by atoms with Crippen LogP contribution in [0.15, 0.2) is 42.6 Å². The van der Waals surface area contributed by atoms with E-state index in [1.807, 2.05) is 43.3 Å². The molecule has 1 aromatic carbocycles. The SMILES string of the molecule is Cc1ccccc1-c1cc2cc(NC(=O)[C@@H]3C[C@H]3C)ncc2c(N)n1. The lowest BCUT2D eigenvalue weighted by atomic mass is 10.0. The predicted octanol–water partition coefficient (Wildman–Crippen LogP) is 3.78. The first-order valence-electron chi connectivity index (χ1n) is 8.46.